The van der Waals surface area contributed by atoms with Crippen molar-refractivity contribution in [3.8, 4) is 0 Å². The average Bonchev–Trinajstić information content (AvgIpc) is 3.12. The number of aryl methyl sites for hydroxylation is 2. The van der Waals surface area contributed by atoms with Gasteiger partial charge in [0.2, 0.25) is 0 Å². The number of carbonyl (C=O) groups excluding carboxylic acids is 1. The van der Waals surface area contributed by atoms with E-state index in [1.54, 1.807) is 0 Å². The van der Waals surface area contributed by atoms with E-state index >= 15 is 0 Å². The molecule has 5 nitrogen and oxygen atoms in total. The Balaban J connectivity index is 1.62. The molecular formula is C20H25N3O2. The molecule has 132 valence electrons. The zero-order valence-electron chi connectivity index (χ0n) is 14.8. The molecule has 0 bridgehead atoms. The van der Waals surface area contributed by atoms with Crippen LogP contribution in [0, 0.1) is 0 Å². The topological polar surface area (TPSA) is 58.4 Å². The third-order valence-electron chi connectivity index (χ3n) is 5.43. The van der Waals surface area contributed by atoms with Crippen molar-refractivity contribution < 1.29 is 9.32 Å². The number of nitrogens with one attached hydrogen (secondary N) is 1. The van der Waals surface area contributed by atoms with Crippen molar-refractivity contribution in [2.24, 2.45) is 0 Å². The summed E-state index contributed by atoms with van der Waals surface area (Å²) in [5.74, 6) is 0.923. The number of carbonyl (C=O) groups is 1. The lowest BCUT2D eigenvalue weighted by Gasteiger charge is -2.36. The van der Waals surface area contributed by atoms with Crippen LogP contribution >= 0.6 is 0 Å². The van der Waals surface area contributed by atoms with Gasteiger partial charge in [-0.2, -0.15) is 0 Å². The summed E-state index contributed by atoms with van der Waals surface area (Å²) in [7, 11) is 0. The summed E-state index contributed by atoms with van der Waals surface area (Å²) in [4.78, 5) is 15.2. The molecule has 1 aliphatic carbocycles. The van der Waals surface area contributed by atoms with Gasteiger partial charge in [-0.1, -0.05) is 36.3 Å². The van der Waals surface area contributed by atoms with Crippen molar-refractivity contribution in [3.63, 3.8) is 0 Å². The molecule has 0 spiro atoms. The Morgan fingerprint density at radius 1 is 1.28 bits per heavy atom. The average molecular weight is 339 g/mol. The molecule has 1 fully saturated rings. The highest BCUT2D eigenvalue weighted by Crippen LogP contribution is 2.29. The molecule has 2 aliphatic rings. The molecule has 0 radical (unpaired) electrons. The van der Waals surface area contributed by atoms with Crippen molar-refractivity contribution in [3.05, 3.63) is 52.4 Å². The van der Waals surface area contributed by atoms with Crippen LogP contribution in [-0.2, 0) is 19.3 Å². The molecule has 1 unspecified atom stereocenters. The summed E-state index contributed by atoms with van der Waals surface area (Å²) in [6.45, 7) is 4.44. The fraction of sp³-hybridized carbons (Fsp3) is 0.500. The zero-order valence-corrected chi connectivity index (χ0v) is 14.8. The van der Waals surface area contributed by atoms with Crippen molar-refractivity contribution in [1.82, 2.24) is 15.4 Å². The largest absolute Gasteiger partial charge is 0.360 e. The third kappa shape index (κ3) is 3.09. The maximum atomic E-state index is 13.2. The highest BCUT2D eigenvalue weighted by atomic mass is 16.5. The monoisotopic (exact) mass is 339 g/mol. The number of benzene rings is 1. The Morgan fingerprint density at radius 2 is 2.08 bits per heavy atom. The number of nitrogens with zero attached hydrogens (tertiary/aromatic N) is 2. The Morgan fingerprint density at radius 3 is 2.88 bits per heavy atom. The Bertz CT molecular complexity index is 751. The first-order valence-electron chi connectivity index (χ1n) is 9.36. The molecule has 25 heavy (non-hydrogen) atoms. The van der Waals surface area contributed by atoms with Crippen molar-refractivity contribution in [2.45, 2.75) is 45.1 Å². The van der Waals surface area contributed by atoms with E-state index in [0.29, 0.717) is 12.2 Å². The van der Waals surface area contributed by atoms with Crippen LogP contribution in [0.2, 0.25) is 0 Å². The maximum absolute atomic E-state index is 13.2. The van der Waals surface area contributed by atoms with E-state index < -0.39 is 0 Å². The van der Waals surface area contributed by atoms with E-state index in [-0.39, 0.29) is 11.9 Å². The molecular weight excluding hydrogens is 314 g/mol. The van der Waals surface area contributed by atoms with Crippen LogP contribution in [0.15, 0.2) is 28.8 Å². The zero-order chi connectivity index (χ0) is 17.2. The van der Waals surface area contributed by atoms with Crippen LogP contribution in [0.4, 0.5) is 0 Å². The van der Waals surface area contributed by atoms with Gasteiger partial charge in [0, 0.05) is 31.6 Å². The summed E-state index contributed by atoms with van der Waals surface area (Å²) in [6, 6.07) is 8.65. The highest BCUT2D eigenvalue weighted by Gasteiger charge is 2.33. The SMILES string of the molecule is CCc1ccc(C2CNCCN2C(=O)c2noc3c2CCCC3)cc1. The molecule has 1 atom stereocenters. The third-order valence-corrected chi connectivity index (χ3v) is 5.43. The van der Waals surface area contributed by atoms with Crippen molar-refractivity contribution in [2.75, 3.05) is 19.6 Å². The van der Waals surface area contributed by atoms with E-state index in [0.717, 1.165) is 56.5 Å². The number of piperazine rings is 1. The molecule has 1 aromatic heterocycles. The first-order valence-corrected chi connectivity index (χ1v) is 9.36. The number of hydrogen-bond acceptors (Lipinski definition) is 4. The second-order valence-electron chi connectivity index (χ2n) is 6.95. The van der Waals surface area contributed by atoms with Crippen LogP contribution < -0.4 is 5.32 Å². The van der Waals surface area contributed by atoms with Crippen LogP contribution in [0.3, 0.4) is 0 Å². The quantitative estimate of drug-likeness (QED) is 0.934. The Labute approximate surface area is 148 Å². The number of rotatable bonds is 3. The Kier molecular flexibility index (Phi) is 4.57. The smallest absolute Gasteiger partial charge is 0.276 e. The second kappa shape index (κ2) is 7.00. The maximum Gasteiger partial charge on any atom is 0.276 e. The van der Waals surface area contributed by atoms with Gasteiger partial charge in [0.1, 0.15) is 5.76 Å². The molecule has 1 amide bonds. The summed E-state index contributed by atoms with van der Waals surface area (Å²) < 4.78 is 5.46. The van der Waals surface area contributed by atoms with E-state index in [1.807, 2.05) is 4.90 Å². The first kappa shape index (κ1) is 16.3. The standard InChI is InChI=1S/C20H25N3O2/c1-2-14-7-9-15(10-8-14)17-13-21-11-12-23(17)20(24)19-16-5-3-4-6-18(16)25-22-19/h7-10,17,21H,2-6,11-13H2,1H3. The predicted octanol–water partition coefficient (Wildman–Crippen LogP) is 2.90. The fourth-order valence-electron chi connectivity index (χ4n) is 3.91. The van der Waals surface area contributed by atoms with E-state index in [4.69, 9.17) is 4.52 Å². The lowest BCUT2D eigenvalue weighted by molar-refractivity contribution is 0.0622. The van der Waals surface area contributed by atoms with Gasteiger partial charge >= 0.3 is 0 Å². The highest BCUT2D eigenvalue weighted by molar-refractivity contribution is 5.94. The fourth-order valence-corrected chi connectivity index (χ4v) is 3.91. The number of fused-ring (bicyclic) bond motifs is 1. The van der Waals surface area contributed by atoms with Crippen LogP contribution in [-0.4, -0.2) is 35.6 Å². The van der Waals surface area contributed by atoms with Gasteiger partial charge in [-0.05, 0) is 36.8 Å². The number of hydrogen-bond donors (Lipinski definition) is 1. The number of amides is 1. The molecule has 2 heterocycles. The summed E-state index contributed by atoms with van der Waals surface area (Å²) in [6.07, 6.45) is 5.06. The van der Waals surface area contributed by atoms with Gasteiger partial charge in [-0.15, -0.1) is 0 Å². The van der Waals surface area contributed by atoms with Crippen molar-refractivity contribution in [1.29, 1.82) is 0 Å². The predicted molar refractivity (Wildman–Crippen MR) is 95.6 cm³/mol. The minimum absolute atomic E-state index is 0.0120. The van der Waals surface area contributed by atoms with Gasteiger partial charge in [-0.3, -0.25) is 4.79 Å². The molecule has 0 saturated carbocycles. The molecule has 1 N–H and O–H groups in total. The number of aromatic nitrogens is 1. The van der Waals surface area contributed by atoms with E-state index in [1.165, 1.54) is 11.1 Å². The van der Waals surface area contributed by atoms with Gasteiger partial charge in [0.25, 0.3) is 5.91 Å². The van der Waals surface area contributed by atoms with Crippen LogP contribution in [0.1, 0.15) is 58.7 Å². The minimum Gasteiger partial charge on any atom is -0.360 e. The molecule has 4 rings (SSSR count). The second-order valence-corrected chi connectivity index (χ2v) is 6.95. The van der Waals surface area contributed by atoms with Gasteiger partial charge < -0.3 is 14.7 Å². The molecule has 1 aromatic carbocycles. The normalized spacial score (nSPS) is 20.4. The molecule has 1 aliphatic heterocycles. The van der Waals surface area contributed by atoms with E-state index in [2.05, 4.69) is 41.7 Å². The van der Waals surface area contributed by atoms with Crippen LogP contribution in [0.5, 0.6) is 0 Å². The van der Waals surface area contributed by atoms with E-state index in [9.17, 15) is 4.79 Å². The van der Waals surface area contributed by atoms with Crippen molar-refractivity contribution >= 4 is 5.91 Å². The Hall–Kier alpha value is -2.14. The van der Waals surface area contributed by atoms with Gasteiger partial charge in [0.15, 0.2) is 5.69 Å². The first-order chi connectivity index (χ1) is 12.3. The van der Waals surface area contributed by atoms with Gasteiger partial charge in [0.05, 0.1) is 6.04 Å². The lowest BCUT2D eigenvalue weighted by atomic mass is 9.95. The van der Waals surface area contributed by atoms with Gasteiger partial charge in [-0.25, -0.2) is 0 Å². The lowest BCUT2D eigenvalue weighted by Crippen LogP contribution is -2.49. The summed E-state index contributed by atoms with van der Waals surface area (Å²) >= 11 is 0. The van der Waals surface area contributed by atoms with Crippen LogP contribution in [0.25, 0.3) is 0 Å². The minimum atomic E-state index is 0.0120. The summed E-state index contributed by atoms with van der Waals surface area (Å²) in [5, 5.41) is 7.56. The summed E-state index contributed by atoms with van der Waals surface area (Å²) in [5.41, 5.74) is 4.06. The molecule has 5 heteroatoms. The molecule has 2 aromatic rings. The molecule has 1 saturated heterocycles.